The number of ether oxygens (including phenoxy) is 1. The average molecular weight is 698 g/mol. The number of nitriles is 1. The van der Waals surface area contributed by atoms with E-state index in [-0.39, 0.29) is 38.5 Å². The van der Waals surface area contributed by atoms with Crippen LogP contribution in [0.25, 0.3) is 0 Å². The minimum atomic E-state index is -1.71. The number of rotatable bonds is 8. The number of benzene rings is 3. The molecule has 3 aromatic carbocycles. The van der Waals surface area contributed by atoms with E-state index in [1.807, 2.05) is 32.9 Å². The molecule has 11 heteroatoms. The van der Waals surface area contributed by atoms with Crippen LogP contribution in [0.1, 0.15) is 64.0 Å². The first-order valence-electron chi connectivity index (χ1n) is 16.2. The lowest BCUT2D eigenvalue weighted by Gasteiger charge is -2.37. The Morgan fingerprint density at radius 3 is 2.38 bits per heavy atom. The van der Waals surface area contributed by atoms with Gasteiger partial charge in [0.15, 0.2) is 0 Å². The number of anilines is 2. The molecule has 2 aliphatic heterocycles. The van der Waals surface area contributed by atoms with Crippen molar-refractivity contribution in [3.8, 4) is 6.07 Å². The average Bonchev–Trinajstić information content (AvgIpc) is 3.36. The summed E-state index contributed by atoms with van der Waals surface area (Å²) in [6, 6.07) is 16.3. The van der Waals surface area contributed by atoms with Gasteiger partial charge < -0.3 is 20.3 Å². The molecule has 4 atom stereocenters. The lowest BCUT2D eigenvalue weighted by Crippen LogP contribution is -2.45. The normalized spacial score (nSPS) is 23.1. The van der Waals surface area contributed by atoms with E-state index in [1.165, 1.54) is 24.3 Å². The molecule has 4 unspecified atom stereocenters. The number of carbonyl (C=O) groups excluding carboxylic acids is 2. The molecule has 0 aliphatic carbocycles. The second kappa shape index (κ2) is 14.4. The Bertz CT molecular complexity index is 1700. The fourth-order valence-corrected chi connectivity index (χ4v) is 7.51. The molecule has 1 amide bonds. The van der Waals surface area contributed by atoms with Gasteiger partial charge in [0.05, 0.1) is 29.7 Å². The van der Waals surface area contributed by atoms with Crippen molar-refractivity contribution in [2.75, 3.05) is 29.9 Å². The summed E-state index contributed by atoms with van der Waals surface area (Å²) in [4.78, 5) is 28.5. The summed E-state index contributed by atoms with van der Waals surface area (Å²) < 4.78 is 37.0. The molecule has 2 N–H and O–H groups in total. The van der Waals surface area contributed by atoms with Crippen LogP contribution in [0.4, 0.5) is 20.2 Å². The van der Waals surface area contributed by atoms with Crippen molar-refractivity contribution < 1.29 is 23.1 Å². The van der Waals surface area contributed by atoms with Crippen LogP contribution in [0.2, 0.25) is 10.0 Å². The Morgan fingerprint density at radius 2 is 1.77 bits per heavy atom. The van der Waals surface area contributed by atoms with Crippen molar-refractivity contribution in [2.45, 2.75) is 70.4 Å². The molecule has 0 radical (unpaired) electrons. The summed E-state index contributed by atoms with van der Waals surface area (Å²) in [5, 5.41) is 17.3. The maximum atomic E-state index is 15.9. The van der Waals surface area contributed by atoms with E-state index in [2.05, 4.69) is 21.6 Å². The number of hydrogen-bond acceptors (Lipinski definition) is 6. The lowest BCUT2D eigenvalue weighted by atomic mass is 9.62. The molecular formula is C37H40Cl2F2N4O3. The maximum Gasteiger partial charge on any atom is 0.309 e. The number of halogens is 4. The second-order valence-electron chi connectivity index (χ2n) is 13.7. The molecule has 254 valence electrons. The lowest BCUT2D eigenvalue weighted by molar-refractivity contribution is -0.148. The molecule has 3 aromatic rings. The van der Waals surface area contributed by atoms with E-state index in [1.54, 1.807) is 25.1 Å². The van der Waals surface area contributed by atoms with E-state index in [9.17, 15) is 14.9 Å². The number of nitrogens with one attached hydrogen (secondary N) is 2. The molecule has 48 heavy (non-hydrogen) atoms. The summed E-state index contributed by atoms with van der Waals surface area (Å²) in [5.74, 6) is -3.43. The van der Waals surface area contributed by atoms with Crippen LogP contribution in [-0.4, -0.2) is 43.7 Å². The third kappa shape index (κ3) is 7.17. The molecule has 2 heterocycles. The van der Waals surface area contributed by atoms with Gasteiger partial charge >= 0.3 is 5.97 Å². The highest BCUT2D eigenvalue weighted by molar-refractivity contribution is 6.31. The van der Waals surface area contributed by atoms with Gasteiger partial charge in [-0.05, 0) is 79.6 Å². The van der Waals surface area contributed by atoms with Crippen LogP contribution in [0.3, 0.4) is 0 Å². The highest BCUT2D eigenvalue weighted by Gasteiger charge is 2.61. The molecule has 2 aliphatic rings. The van der Waals surface area contributed by atoms with E-state index in [0.29, 0.717) is 44.6 Å². The van der Waals surface area contributed by atoms with Gasteiger partial charge in [-0.25, -0.2) is 8.78 Å². The summed E-state index contributed by atoms with van der Waals surface area (Å²) in [7, 11) is 0. The van der Waals surface area contributed by atoms with Gasteiger partial charge in [-0.15, -0.1) is 0 Å². The quantitative estimate of drug-likeness (QED) is 0.232. The fourth-order valence-electron chi connectivity index (χ4n) is 7.17. The van der Waals surface area contributed by atoms with Gasteiger partial charge in [-0.3, -0.25) is 9.59 Å². The first-order chi connectivity index (χ1) is 22.8. The van der Waals surface area contributed by atoms with Crippen LogP contribution < -0.4 is 15.5 Å². The third-order valence-electron chi connectivity index (χ3n) is 9.35. The fraction of sp³-hybridized carbons (Fsp3) is 0.432. The molecule has 0 spiro atoms. The predicted octanol–water partition coefficient (Wildman–Crippen LogP) is 8.01. The Balaban J connectivity index is 1.48. The molecule has 0 aromatic heterocycles. The van der Waals surface area contributed by atoms with Crippen LogP contribution in [0.15, 0.2) is 60.7 Å². The topological polar surface area (TPSA) is 94.5 Å². The zero-order chi connectivity index (χ0) is 34.8. The largest absolute Gasteiger partial charge is 0.466 e. The highest BCUT2D eigenvalue weighted by atomic mass is 35.5. The van der Waals surface area contributed by atoms with Crippen molar-refractivity contribution in [3.63, 3.8) is 0 Å². The van der Waals surface area contributed by atoms with Crippen molar-refractivity contribution in [1.29, 1.82) is 5.26 Å². The Labute approximate surface area is 290 Å². The first-order valence-corrected chi connectivity index (χ1v) is 16.9. The van der Waals surface area contributed by atoms with Gasteiger partial charge in [-0.2, -0.15) is 5.26 Å². The minimum absolute atomic E-state index is 0.0203. The minimum Gasteiger partial charge on any atom is -0.466 e. The maximum absolute atomic E-state index is 15.9. The number of esters is 1. The van der Waals surface area contributed by atoms with E-state index < -0.39 is 41.0 Å². The van der Waals surface area contributed by atoms with Crippen molar-refractivity contribution in [2.24, 2.45) is 11.3 Å². The molecule has 0 saturated carbocycles. The number of carbonyl (C=O) groups is 2. The van der Waals surface area contributed by atoms with Gasteiger partial charge in [-0.1, -0.05) is 62.2 Å². The van der Waals surface area contributed by atoms with Crippen LogP contribution in [-0.2, 0) is 19.7 Å². The molecule has 2 fully saturated rings. The smallest absolute Gasteiger partial charge is 0.309 e. The number of piperidine rings is 1. The Kier molecular flexibility index (Phi) is 10.7. The van der Waals surface area contributed by atoms with Crippen LogP contribution in [0, 0.1) is 34.3 Å². The zero-order valence-electron chi connectivity index (χ0n) is 27.5. The van der Waals surface area contributed by atoms with E-state index >= 15 is 8.78 Å². The summed E-state index contributed by atoms with van der Waals surface area (Å²) in [6.45, 7) is 9.51. The Morgan fingerprint density at radius 1 is 1.08 bits per heavy atom. The van der Waals surface area contributed by atoms with Crippen LogP contribution in [0.5, 0.6) is 0 Å². The summed E-state index contributed by atoms with van der Waals surface area (Å²) >= 11 is 12.4. The number of amides is 1. The standard InChI is InChI=1S/C37H40Cl2F2N4O3/c1-5-48-35(47)22-15-17-45(18-16-22)25-12-10-24(11-13-25)43-34(46)33-31(26-7-6-8-28(39)32(26)41)37(21-42,30(44-33)20-36(2,3)4)27-14-9-23(38)19-29(27)40/h6-14,19,22,30-31,33,44H,5,15-18,20H2,1-4H3,(H,43,46). The summed E-state index contributed by atoms with van der Waals surface area (Å²) in [6.07, 6.45) is 1.75. The zero-order valence-corrected chi connectivity index (χ0v) is 29.0. The SMILES string of the molecule is CCOC(=O)C1CCN(c2ccc(NC(=O)C3NC(CC(C)(C)C)C(C#N)(c4ccc(Cl)cc4F)C3c3cccc(Cl)c3F)cc2)CC1. The van der Waals surface area contributed by atoms with Gasteiger partial charge in [0.25, 0.3) is 0 Å². The van der Waals surface area contributed by atoms with Crippen molar-refractivity contribution >= 4 is 46.5 Å². The first kappa shape index (κ1) is 35.6. The number of hydrogen-bond donors (Lipinski definition) is 2. The monoisotopic (exact) mass is 696 g/mol. The highest BCUT2D eigenvalue weighted by Crippen LogP contribution is 2.53. The van der Waals surface area contributed by atoms with Crippen molar-refractivity contribution in [1.82, 2.24) is 5.32 Å². The summed E-state index contributed by atoms with van der Waals surface area (Å²) in [5.41, 5.74) is -0.575. The van der Waals surface area contributed by atoms with Gasteiger partial charge in [0.1, 0.15) is 17.0 Å². The van der Waals surface area contributed by atoms with Crippen LogP contribution >= 0.6 is 23.2 Å². The molecular weight excluding hydrogens is 657 g/mol. The number of nitrogens with zero attached hydrogens (tertiary/aromatic N) is 2. The predicted molar refractivity (Wildman–Crippen MR) is 184 cm³/mol. The van der Waals surface area contributed by atoms with Gasteiger partial charge in [0, 0.05) is 47.0 Å². The van der Waals surface area contributed by atoms with E-state index in [4.69, 9.17) is 27.9 Å². The molecule has 7 nitrogen and oxygen atoms in total. The molecule has 5 rings (SSSR count). The molecule has 2 saturated heterocycles. The van der Waals surface area contributed by atoms with Gasteiger partial charge in [0.2, 0.25) is 5.91 Å². The van der Waals surface area contributed by atoms with Crippen molar-refractivity contribution in [3.05, 3.63) is 93.5 Å². The Hall–Kier alpha value is -3.71. The third-order valence-corrected chi connectivity index (χ3v) is 9.87. The van der Waals surface area contributed by atoms with E-state index in [0.717, 1.165) is 11.8 Å². The molecule has 0 bridgehead atoms. The second-order valence-corrected chi connectivity index (χ2v) is 14.6.